The fourth-order valence-corrected chi connectivity index (χ4v) is 5.93. The maximum absolute atomic E-state index is 14.1. The Bertz CT molecular complexity index is 1070. The van der Waals surface area contributed by atoms with Crippen LogP contribution in [0.4, 0.5) is 0 Å². The third-order valence-electron chi connectivity index (χ3n) is 9.40. The molecule has 0 radical (unpaired) electrons. The zero-order valence-corrected chi connectivity index (χ0v) is 28.3. The predicted octanol–water partition coefficient (Wildman–Crippen LogP) is 1.95. The van der Waals surface area contributed by atoms with Gasteiger partial charge >= 0.3 is 5.97 Å². The van der Waals surface area contributed by atoms with Crippen molar-refractivity contribution in [3.8, 4) is 0 Å². The topological polar surface area (TPSA) is 145 Å². The number of fused-ring (bicyclic) bond motifs is 1. The third kappa shape index (κ3) is 8.72. The van der Waals surface area contributed by atoms with Crippen LogP contribution in [0.15, 0.2) is 0 Å². The van der Waals surface area contributed by atoms with Gasteiger partial charge in [0.1, 0.15) is 24.2 Å². The third-order valence-corrected chi connectivity index (χ3v) is 9.40. The van der Waals surface area contributed by atoms with E-state index in [9.17, 15) is 28.8 Å². The lowest BCUT2D eigenvalue weighted by atomic mass is 9.92. The van der Waals surface area contributed by atoms with E-state index < -0.39 is 65.8 Å². The molecule has 44 heavy (non-hydrogen) atoms. The highest BCUT2D eigenvalue weighted by Crippen LogP contribution is 2.28. The molecule has 5 amide bonds. The molecular weight excluding hydrogens is 566 g/mol. The number of hydrogen-bond donors (Lipinski definition) is 2. The highest BCUT2D eigenvalue weighted by atomic mass is 16.5. The van der Waals surface area contributed by atoms with Gasteiger partial charge in [-0.05, 0) is 43.4 Å². The molecule has 0 spiro atoms. The average Bonchev–Trinajstić information content (AvgIpc) is 3.37. The number of esters is 1. The number of nitrogens with one attached hydrogen (secondary N) is 2. The number of nitrogens with zero attached hydrogens (tertiary/aromatic N) is 3. The minimum absolute atomic E-state index is 0.0284. The Kier molecular flexibility index (Phi) is 13.6. The largest absolute Gasteiger partial charge is 0.452 e. The summed E-state index contributed by atoms with van der Waals surface area (Å²) in [5.41, 5.74) is 0. The molecule has 0 saturated carbocycles. The van der Waals surface area contributed by atoms with Gasteiger partial charge in [-0.3, -0.25) is 28.8 Å². The van der Waals surface area contributed by atoms with Gasteiger partial charge in [0.2, 0.25) is 23.6 Å². The van der Waals surface area contributed by atoms with Gasteiger partial charge in [-0.25, -0.2) is 0 Å². The Balaban J connectivity index is 2.60. The van der Waals surface area contributed by atoms with Crippen molar-refractivity contribution >= 4 is 35.5 Å². The van der Waals surface area contributed by atoms with Crippen molar-refractivity contribution in [2.24, 2.45) is 23.7 Å². The minimum Gasteiger partial charge on any atom is -0.452 e. The fraction of sp³-hybridized carbons (Fsp3) is 0.812. The first-order chi connectivity index (χ1) is 20.6. The van der Waals surface area contributed by atoms with E-state index in [0.29, 0.717) is 25.8 Å². The summed E-state index contributed by atoms with van der Waals surface area (Å²) in [7, 11) is 3.08. The molecule has 1 unspecified atom stereocenters. The molecule has 12 heteroatoms. The standard InChI is InChI=1S/C32H55N5O7/c1-11-19(5)25-31(42)36(10)27(20(6)12-2)32(43)35(9)22(8)28(39)33-15-13-24(38)44-23(17-18(3)4)30(41)37-16-14-21(7)26(37)29(40)34-25/h18-23,25-27H,11-17H2,1-10H3,(H,33,39)(H,34,40)/t19-,20?,21-,22-,23+,25-,26-,27-/m0/s1. The lowest BCUT2D eigenvalue weighted by Crippen LogP contribution is -2.61. The van der Waals surface area contributed by atoms with Gasteiger partial charge in [0, 0.05) is 27.2 Å². The zero-order valence-electron chi connectivity index (χ0n) is 28.3. The molecular formula is C32H55N5O7. The first-order valence-electron chi connectivity index (χ1n) is 16.2. The van der Waals surface area contributed by atoms with Crippen molar-refractivity contribution in [3.05, 3.63) is 0 Å². The Hall–Kier alpha value is -3.18. The van der Waals surface area contributed by atoms with E-state index in [1.165, 1.54) is 21.7 Å². The molecule has 0 aromatic heterocycles. The van der Waals surface area contributed by atoms with E-state index in [-0.39, 0.29) is 43.1 Å². The fourth-order valence-electron chi connectivity index (χ4n) is 5.93. The molecule has 0 aliphatic carbocycles. The molecule has 2 heterocycles. The van der Waals surface area contributed by atoms with Crippen LogP contribution in [0, 0.1) is 23.7 Å². The summed E-state index contributed by atoms with van der Waals surface area (Å²) in [6.45, 7) is 15.2. The van der Waals surface area contributed by atoms with Crippen molar-refractivity contribution in [2.75, 3.05) is 27.2 Å². The molecule has 0 aromatic carbocycles. The summed E-state index contributed by atoms with van der Waals surface area (Å²) >= 11 is 0. The monoisotopic (exact) mass is 621 g/mol. The van der Waals surface area contributed by atoms with Crippen LogP contribution in [0.25, 0.3) is 0 Å². The Morgan fingerprint density at radius 1 is 0.841 bits per heavy atom. The summed E-state index contributed by atoms with van der Waals surface area (Å²) in [6, 6.07) is -3.56. The summed E-state index contributed by atoms with van der Waals surface area (Å²) in [5, 5.41) is 5.63. The molecule has 8 atom stereocenters. The second kappa shape index (κ2) is 16.2. The first kappa shape index (κ1) is 37.0. The van der Waals surface area contributed by atoms with Crippen LogP contribution < -0.4 is 10.6 Å². The van der Waals surface area contributed by atoms with Gasteiger partial charge in [0.25, 0.3) is 5.91 Å². The van der Waals surface area contributed by atoms with E-state index in [0.717, 1.165) is 0 Å². The second-order valence-corrected chi connectivity index (χ2v) is 13.2. The SMILES string of the molecule is CCC(C)[C@H]1C(=O)N(C)[C@@H](C)C(=O)NCCC(=O)O[C@H](CC(C)C)C(=O)N2CC[C@H](C)[C@H]2C(=O)N[C@@H]([C@@H](C)CC)C(=O)N1C. The lowest BCUT2D eigenvalue weighted by Gasteiger charge is -2.39. The van der Waals surface area contributed by atoms with E-state index in [1.54, 1.807) is 14.0 Å². The predicted molar refractivity (Wildman–Crippen MR) is 166 cm³/mol. The van der Waals surface area contributed by atoms with Crippen LogP contribution in [0.1, 0.15) is 87.5 Å². The number of cyclic esters (lactones) is 1. The van der Waals surface area contributed by atoms with Crippen LogP contribution in [0.5, 0.6) is 0 Å². The van der Waals surface area contributed by atoms with Gasteiger partial charge in [0.15, 0.2) is 6.10 Å². The summed E-state index contributed by atoms with van der Waals surface area (Å²) in [6.07, 6.45) is 0.781. The van der Waals surface area contributed by atoms with Crippen LogP contribution in [-0.4, -0.2) is 108 Å². The smallest absolute Gasteiger partial charge is 0.308 e. The number of rotatable bonds is 6. The Labute approximate surface area is 263 Å². The average molecular weight is 622 g/mol. The minimum atomic E-state index is -1.09. The molecule has 12 nitrogen and oxygen atoms in total. The second-order valence-electron chi connectivity index (χ2n) is 13.2. The number of amides is 5. The molecule has 250 valence electrons. The molecule has 2 N–H and O–H groups in total. The molecule has 2 aliphatic rings. The number of carbonyl (C=O) groups excluding carboxylic acids is 6. The summed E-state index contributed by atoms with van der Waals surface area (Å²) in [4.78, 5) is 85.7. The van der Waals surface area contributed by atoms with Gasteiger partial charge in [0.05, 0.1) is 6.42 Å². The normalized spacial score (nSPS) is 30.2. The van der Waals surface area contributed by atoms with Crippen LogP contribution >= 0.6 is 0 Å². The molecule has 2 fully saturated rings. The Morgan fingerprint density at radius 3 is 2.02 bits per heavy atom. The molecule has 0 bridgehead atoms. The van der Waals surface area contributed by atoms with Gasteiger partial charge in [-0.2, -0.15) is 0 Å². The first-order valence-corrected chi connectivity index (χ1v) is 16.2. The number of ether oxygens (including phenoxy) is 1. The van der Waals surface area contributed by atoms with Crippen molar-refractivity contribution in [2.45, 2.75) is 118 Å². The maximum atomic E-state index is 14.1. The van der Waals surface area contributed by atoms with Crippen LogP contribution in [0.2, 0.25) is 0 Å². The number of likely N-dealkylation sites (N-methyl/N-ethyl adjacent to an activating group) is 2. The van der Waals surface area contributed by atoms with Crippen molar-refractivity contribution in [1.82, 2.24) is 25.3 Å². The van der Waals surface area contributed by atoms with Crippen molar-refractivity contribution in [1.29, 1.82) is 0 Å². The van der Waals surface area contributed by atoms with Gasteiger partial charge in [-0.1, -0.05) is 61.3 Å². The van der Waals surface area contributed by atoms with E-state index in [4.69, 9.17) is 4.74 Å². The molecule has 0 aromatic rings. The highest BCUT2D eigenvalue weighted by Gasteiger charge is 2.45. The Morgan fingerprint density at radius 2 is 1.45 bits per heavy atom. The van der Waals surface area contributed by atoms with Gasteiger partial charge < -0.3 is 30.1 Å². The number of hydrogen-bond acceptors (Lipinski definition) is 7. The van der Waals surface area contributed by atoms with Gasteiger partial charge in [-0.15, -0.1) is 0 Å². The van der Waals surface area contributed by atoms with Crippen LogP contribution in [0.3, 0.4) is 0 Å². The van der Waals surface area contributed by atoms with Crippen LogP contribution in [-0.2, 0) is 33.5 Å². The lowest BCUT2D eigenvalue weighted by molar-refractivity contribution is -0.162. The zero-order chi connectivity index (χ0) is 33.5. The molecule has 2 aliphatic heterocycles. The van der Waals surface area contributed by atoms with Crippen molar-refractivity contribution < 1.29 is 33.5 Å². The molecule has 2 saturated heterocycles. The van der Waals surface area contributed by atoms with E-state index in [1.807, 2.05) is 48.5 Å². The highest BCUT2D eigenvalue weighted by molar-refractivity contribution is 5.96. The maximum Gasteiger partial charge on any atom is 0.308 e. The number of carbonyl (C=O) groups is 6. The quantitative estimate of drug-likeness (QED) is 0.431. The van der Waals surface area contributed by atoms with E-state index >= 15 is 0 Å². The summed E-state index contributed by atoms with van der Waals surface area (Å²) < 4.78 is 5.64. The van der Waals surface area contributed by atoms with Crippen molar-refractivity contribution in [3.63, 3.8) is 0 Å². The summed E-state index contributed by atoms with van der Waals surface area (Å²) in [5.74, 6) is -3.48. The molecule has 2 rings (SSSR count). The van der Waals surface area contributed by atoms with E-state index in [2.05, 4.69) is 10.6 Å².